The summed E-state index contributed by atoms with van der Waals surface area (Å²) in [5.41, 5.74) is 0. The van der Waals surface area contributed by atoms with Gasteiger partial charge in [-0.3, -0.25) is 0 Å². The van der Waals surface area contributed by atoms with Crippen LogP contribution in [-0.4, -0.2) is 17.2 Å². The Morgan fingerprint density at radius 2 is 2.36 bits per heavy atom. The number of rotatable bonds is 3. The Balaban J connectivity index is 2.12. The summed E-state index contributed by atoms with van der Waals surface area (Å²) in [7, 11) is 0. The fourth-order valence-electron chi connectivity index (χ4n) is 1.40. The zero-order chi connectivity index (χ0) is 8.10. The highest BCUT2D eigenvalue weighted by Gasteiger charge is 2.17. The maximum absolute atomic E-state index is 3.55. The van der Waals surface area contributed by atoms with E-state index >= 15 is 0 Å². The van der Waals surface area contributed by atoms with Gasteiger partial charge in [0.05, 0.1) is 5.37 Å². The molecule has 0 radical (unpaired) electrons. The van der Waals surface area contributed by atoms with Crippen LogP contribution in [0.1, 0.15) is 39.5 Å². The van der Waals surface area contributed by atoms with Crippen molar-refractivity contribution in [2.75, 3.05) is 6.54 Å². The predicted molar refractivity (Wildman–Crippen MR) is 53.0 cm³/mol. The molecule has 1 N–H and O–H groups in total. The van der Waals surface area contributed by atoms with Crippen molar-refractivity contribution in [1.82, 2.24) is 5.32 Å². The number of thioether (sulfide) groups is 1. The highest BCUT2D eigenvalue weighted by atomic mass is 32.2. The Labute approximate surface area is 74.3 Å². The van der Waals surface area contributed by atoms with Gasteiger partial charge in [0.15, 0.2) is 0 Å². The van der Waals surface area contributed by atoms with Crippen LogP contribution in [0.2, 0.25) is 0 Å². The first kappa shape index (κ1) is 9.40. The summed E-state index contributed by atoms with van der Waals surface area (Å²) < 4.78 is 0. The van der Waals surface area contributed by atoms with Crippen LogP contribution >= 0.6 is 11.8 Å². The summed E-state index contributed by atoms with van der Waals surface area (Å²) >= 11 is 2.12. The minimum absolute atomic E-state index is 0.749. The van der Waals surface area contributed by atoms with Gasteiger partial charge in [0.25, 0.3) is 0 Å². The van der Waals surface area contributed by atoms with E-state index in [0.717, 1.165) is 10.6 Å². The van der Waals surface area contributed by atoms with Gasteiger partial charge in [0, 0.05) is 5.25 Å². The maximum atomic E-state index is 3.55. The molecule has 0 aromatic carbocycles. The Kier molecular flexibility index (Phi) is 4.31. The summed E-state index contributed by atoms with van der Waals surface area (Å²) in [5, 5.41) is 5.17. The molecule has 0 aliphatic carbocycles. The molecule has 0 amide bonds. The van der Waals surface area contributed by atoms with Crippen LogP contribution < -0.4 is 5.32 Å². The van der Waals surface area contributed by atoms with Crippen molar-refractivity contribution in [3.63, 3.8) is 0 Å². The maximum Gasteiger partial charge on any atom is 0.0534 e. The molecule has 66 valence electrons. The van der Waals surface area contributed by atoms with Crippen LogP contribution in [0.25, 0.3) is 0 Å². The SMILES string of the molecule is CCCCC1NCCC(C)S1. The average molecular weight is 173 g/mol. The van der Waals surface area contributed by atoms with Crippen LogP contribution in [0, 0.1) is 0 Å². The monoisotopic (exact) mass is 173 g/mol. The lowest BCUT2D eigenvalue weighted by molar-refractivity contribution is 0.544. The number of unbranched alkanes of at least 4 members (excludes halogenated alkanes) is 1. The van der Waals surface area contributed by atoms with E-state index in [1.165, 1.54) is 32.2 Å². The van der Waals surface area contributed by atoms with Crippen LogP contribution in [0.5, 0.6) is 0 Å². The van der Waals surface area contributed by atoms with E-state index < -0.39 is 0 Å². The molecule has 1 aliphatic rings. The zero-order valence-corrected chi connectivity index (χ0v) is 8.41. The summed E-state index contributed by atoms with van der Waals surface area (Å²) in [6, 6.07) is 0. The van der Waals surface area contributed by atoms with E-state index in [1.807, 2.05) is 0 Å². The smallest absolute Gasteiger partial charge is 0.0534 e. The Bertz CT molecular complexity index is 106. The molecule has 0 spiro atoms. The van der Waals surface area contributed by atoms with Gasteiger partial charge in [0.2, 0.25) is 0 Å². The van der Waals surface area contributed by atoms with Crippen molar-refractivity contribution in [3.05, 3.63) is 0 Å². The fraction of sp³-hybridized carbons (Fsp3) is 1.00. The third-order valence-corrected chi connectivity index (χ3v) is 3.57. The van der Waals surface area contributed by atoms with Gasteiger partial charge in [-0.15, -0.1) is 11.8 Å². The summed E-state index contributed by atoms with van der Waals surface area (Å²) in [4.78, 5) is 0. The van der Waals surface area contributed by atoms with Crippen molar-refractivity contribution in [2.24, 2.45) is 0 Å². The predicted octanol–water partition coefficient (Wildman–Crippen LogP) is 2.62. The van der Waals surface area contributed by atoms with Gasteiger partial charge in [-0.1, -0.05) is 26.7 Å². The Morgan fingerprint density at radius 3 is 3.00 bits per heavy atom. The highest BCUT2D eigenvalue weighted by molar-refractivity contribution is 8.00. The standard InChI is InChI=1S/C9H19NS/c1-3-4-5-9-10-7-6-8(2)11-9/h8-10H,3-7H2,1-2H3. The second-order valence-electron chi connectivity index (χ2n) is 3.32. The topological polar surface area (TPSA) is 12.0 Å². The number of hydrogen-bond acceptors (Lipinski definition) is 2. The normalized spacial score (nSPS) is 32.2. The Morgan fingerprint density at radius 1 is 1.55 bits per heavy atom. The van der Waals surface area contributed by atoms with E-state index in [9.17, 15) is 0 Å². The molecule has 1 rings (SSSR count). The number of hydrogen-bond donors (Lipinski definition) is 1. The van der Waals surface area contributed by atoms with Crippen molar-refractivity contribution in [1.29, 1.82) is 0 Å². The van der Waals surface area contributed by atoms with Crippen LogP contribution in [0.15, 0.2) is 0 Å². The lowest BCUT2D eigenvalue weighted by Gasteiger charge is -2.27. The molecular weight excluding hydrogens is 154 g/mol. The van der Waals surface area contributed by atoms with Crippen molar-refractivity contribution in [2.45, 2.75) is 50.2 Å². The van der Waals surface area contributed by atoms with Gasteiger partial charge in [0.1, 0.15) is 0 Å². The fourth-order valence-corrected chi connectivity index (χ4v) is 2.74. The third-order valence-electron chi connectivity index (χ3n) is 2.14. The zero-order valence-electron chi connectivity index (χ0n) is 7.60. The second kappa shape index (κ2) is 5.04. The molecule has 0 bridgehead atoms. The molecule has 1 heterocycles. The summed E-state index contributed by atoms with van der Waals surface area (Å²) in [6.07, 6.45) is 5.39. The summed E-state index contributed by atoms with van der Waals surface area (Å²) in [5.74, 6) is 0. The first-order valence-electron chi connectivity index (χ1n) is 4.71. The first-order chi connectivity index (χ1) is 5.33. The van der Waals surface area contributed by atoms with E-state index in [1.54, 1.807) is 0 Å². The minimum Gasteiger partial charge on any atom is -0.305 e. The molecule has 2 unspecified atom stereocenters. The Hall–Kier alpha value is 0.310. The van der Waals surface area contributed by atoms with Gasteiger partial charge in [-0.05, 0) is 19.4 Å². The van der Waals surface area contributed by atoms with Crippen molar-refractivity contribution >= 4 is 11.8 Å². The number of nitrogens with one attached hydrogen (secondary N) is 1. The quantitative estimate of drug-likeness (QED) is 0.704. The van der Waals surface area contributed by atoms with Gasteiger partial charge in [-0.25, -0.2) is 0 Å². The van der Waals surface area contributed by atoms with Gasteiger partial charge in [-0.2, -0.15) is 0 Å². The van der Waals surface area contributed by atoms with Crippen LogP contribution in [0.4, 0.5) is 0 Å². The van der Waals surface area contributed by atoms with E-state index in [0.29, 0.717) is 0 Å². The second-order valence-corrected chi connectivity index (χ2v) is 4.97. The van der Waals surface area contributed by atoms with Gasteiger partial charge < -0.3 is 5.32 Å². The molecule has 1 aliphatic heterocycles. The highest BCUT2D eigenvalue weighted by Crippen LogP contribution is 2.25. The molecule has 11 heavy (non-hydrogen) atoms. The molecule has 0 saturated carbocycles. The lowest BCUT2D eigenvalue weighted by atomic mass is 10.2. The molecule has 1 saturated heterocycles. The van der Waals surface area contributed by atoms with Crippen molar-refractivity contribution in [3.8, 4) is 0 Å². The molecule has 2 heteroatoms. The third kappa shape index (κ3) is 3.48. The average Bonchev–Trinajstić information content (AvgIpc) is 2.01. The minimum atomic E-state index is 0.749. The van der Waals surface area contributed by atoms with Gasteiger partial charge >= 0.3 is 0 Å². The van der Waals surface area contributed by atoms with E-state index in [4.69, 9.17) is 0 Å². The van der Waals surface area contributed by atoms with Crippen LogP contribution in [0.3, 0.4) is 0 Å². The molecule has 2 atom stereocenters. The molecule has 0 aromatic rings. The lowest BCUT2D eigenvalue weighted by Crippen LogP contribution is -2.34. The first-order valence-corrected chi connectivity index (χ1v) is 5.66. The molecule has 1 nitrogen and oxygen atoms in total. The molecule has 1 fully saturated rings. The van der Waals surface area contributed by atoms with E-state index in [2.05, 4.69) is 30.9 Å². The molecular formula is C9H19NS. The largest absolute Gasteiger partial charge is 0.305 e. The summed E-state index contributed by atoms with van der Waals surface area (Å²) in [6.45, 7) is 5.82. The molecule has 0 aromatic heterocycles. The van der Waals surface area contributed by atoms with Crippen LogP contribution in [-0.2, 0) is 0 Å². The van der Waals surface area contributed by atoms with Crippen molar-refractivity contribution < 1.29 is 0 Å². The van der Waals surface area contributed by atoms with E-state index in [-0.39, 0.29) is 0 Å².